The van der Waals surface area contributed by atoms with E-state index in [1.807, 2.05) is 13.8 Å². The number of ether oxygens (including phenoxy) is 1. The fraction of sp³-hybridized carbons (Fsp3) is 0.778. The Labute approximate surface area is 84.5 Å². The molecule has 0 spiro atoms. The fourth-order valence-electron chi connectivity index (χ4n) is 0.601. The van der Waals surface area contributed by atoms with Gasteiger partial charge in [0, 0.05) is 0 Å². The highest BCUT2D eigenvalue weighted by atomic mass is 16.5. The Morgan fingerprint density at radius 1 is 1.57 bits per heavy atom. The highest BCUT2D eigenvalue weighted by Gasteiger charge is 2.24. The molecular weight excluding hydrogens is 182 g/mol. The lowest BCUT2D eigenvalue weighted by Gasteiger charge is -2.24. The standard InChI is InChI=1S/C9H19N3O2/c1-6(2)5-14-8(13)12-9(3,4)7(10)11/h6H,5H2,1-4H3,(H3,10,11)(H,12,13). The first kappa shape index (κ1) is 12.7. The summed E-state index contributed by atoms with van der Waals surface area (Å²) in [6.07, 6.45) is -0.543. The van der Waals surface area contributed by atoms with Crippen LogP contribution in [0.1, 0.15) is 27.7 Å². The van der Waals surface area contributed by atoms with Crippen molar-refractivity contribution in [3.8, 4) is 0 Å². The lowest BCUT2D eigenvalue weighted by Crippen LogP contribution is -2.52. The van der Waals surface area contributed by atoms with E-state index in [0.29, 0.717) is 12.5 Å². The van der Waals surface area contributed by atoms with Gasteiger partial charge in [-0.2, -0.15) is 0 Å². The maximum atomic E-state index is 11.2. The number of carbonyl (C=O) groups excluding carboxylic acids is 1. The first-order valence-electron chi connectivity index (χ1n) is 4.55. The first-order chi connectivity index (χ1) is 6.25. The van der Waals surface area contributed by atoms with E-state index in [0.717, 1.165) is 0 Å². The highest BCUT2D eigenvalue weighted by molar-refractivity contribution is 5.89. The molecular formula is C9H19N3O2. The molecule has 0 aliphatic rings. The van der Waals surface area contributed by atoms with Crippen LogP contribution in [0.25, 0.3) is 0 Å². The number of nitrogens with one attached hydrogen (secondary N) is 2. The first-order valence-corrected chi connectivity index (χ1v) is 4.55. The number of amidine groups is 1. The van der Waals surface area contributed by atoms with Crippen molar-refractivity contribution in [2.75, 3.05) is 6.61 Å². The molecule has 5 nitrogen and oxygen atoms in total. The summed E-state index contributed by atoms with van der Waals surface area (Å²) in [5.74, 6) is 0.195. The van der Waals surface area contributed by atoms with Gasteiger partial charge in [-0.15, -0.1) is 0 Å². The molecule has 0 aliphatic heterocycles. The van der Waals surface area contributed by atoms with E-state index in [2.05, 4.69) is 5.32 Å². The van der Waals surface area contributed by atoms with Gasteiger partial charge in [0.25, 0.3) is 0 Å². The number of amides is 1. The van der Waals surface area contributed by atoms with Crippen molar-refractivity contribution in [3.05, 3.63) is 0 Å². The van der Waals surface area contributed by atoms with Crippen molar-refractivity contribution in [1.82, 2.24) is 5.32 Å². The summed E-state index contributed by atoms with van der Waals surface area (Å²) in [5, 5.41) is 9.71. The van der Waals surface area contributed by atoms with Crippen LogP contribution in [0.5, 0.6) is 0 Å². The van der Waals surface area contributed by atoms with Crippen LogP contribution in [-0.4, -0.2) is 24.1 Å². The number of rotatable bonds is 4. The number of hydrogen-bond donors (Lipinski definition) is 3. The molecule has 0 bridgehead atoms. The van der Waals surface area contributed by atoms with Gasteiger partial charge < -0.3 is 15.8 Å². The molecule has 14 heavy (non-hydrogen) atoms. The molecule has 4 N–H and O–H groups in total. The summed E-state index contributed by atoms with van der Waals surface area (Å²) < 4.78 is 4.89. The van der Waals surface area contributed by atoms with Crippen molar-refractivity contribution in [1.29, 1.82) is 5.41 Å². The molecule has 0 saturated carbocycles. The van der Waals surface area contributed by atoms with Crippen LogP contribution in [-0.2, 0) is 4.74 Å². The zero-order valence-electron chi connectivity index (χ0n) is 9.18. The predicted molar refractivity (Wildman–Crippen MR) is 55.3 cm³/mol. The summed E-state index contributed by atoms with van der Waals surface area (Å²) in [6, 6.07) is 0. The van der Waals surface area contributed by atoms with Gasteiger partial charge in [-0.25, -0.2) is 4.79 Å². The van der Waals surface area contributed by atoms with Crippen LogP contribution in [0.3, 0.4) is 0 Å². The molecule has 0 heterocycles. The SMILES string of the molecule is CC(C)COC(=O)NC(C)(C)C(=N)N. The van der Waals surface area contributed by atoms with Crippen LogP contribution in [0.15, 0.2) is 0 Å². The average Bonchev–Trinajstić information content (AvgIpc) is 1.99. The predicted octanol–water partition coefficient (Wildman–Crippen LogP) is 1.08. The van der Waals surface area contributed by atoms with E-state index in [-0.39, 0.29) is 5.84 Å². The molecule has 0 aromatic carbocycles. The summed E-state index contributed by atoms with van der Waals surface area (Å²) in [7, 11) is 0. The van der Waals surface area contributed by atoms with E-state index in [4.69, 9.17) is 15.9 Å². The molecule has 5 heteroatoms. The molecule has 0 rings (SSSR count). The summed E-state index contributed by atoms with van der Waals surface area (Å²) in [5.41, 5.74) is 4.43. The molecule has 1 amide bonds. The molecule has 0 aliphatic carbocycles. The topological polar surface area (TPSA) is 88.2 Å². The van der Waals surface area contributed by atoms with E-state index in [1.54, 1.807) is 13.8 Å². The molecule has 0 atom stereocenters. The Morgan fingerprint density at radius 2 is 2.07 bits per heavy atom. The second-order valence-electron chi connectivity index (χ2n) is 4.16. The highest BCUT2D eigenvalue weighted by Crippen LogP contribution is 2.01. The average molecular weight is 201 g/mol. The molecule has 0 saturated heterocycles. The van der Waals surface area contributed by atoms with Crippen molar-refractivity contribution in [2.45, 2.75) is 33.2 Å². The number of alkyl carbamates (subject to hydrolysis) is 1. The Hall–Kier alpha value is -1.26. The minimum atomic E-state index is -0.853. The normalized spacial score (nSPS) is 11.2. The van der Waals surface area contributed by atoms with Crippen molar-refractivity contribution < 1.29 is 9.53 Å². The number of nitrogens with two attached hydrogens (primary N) is 1. The van der Waals surface area contributed by atoms with Gasteiger partial charge in [-0.3, -0.25) is 5.41 Å². The molecule has 0 radical (unpaired) electrons. The third-order valence-corrected chi connectivity index (χ3v) is 1.64. The van der Waals surface area contributed by atoms with Crippen LogP contribution in [0, 0.1) is 11.3 Å². The van der Waals surface area contributed by atoms with Crippen molar-refractivity contribution in [2.24, 2.45) is 11.7 Å². The maximum Gasteiger partial charge on any atom is 0.407 e. The van der Waals surface area contributed by atoms with Gasteiger partial charge >= 0.3 is 6.09 Å². The lowest BCUT2D eigenvalue weighted by atomic mass is 10.1. The molecule has 0 fully saturated rings. The fourth-order valence-corrected chi connectivity index (χ4v) is 0.601. The van der Waals surface area contributed by atoms with E-state index in [9.17, 15) is 4.79 Å². The lowest BCUT2D eigenvalue weighted by molar-refractivity contribution is 0.128. The largest absolute Gasteiger partial charge is 0.449 e. The number of hydrogen-bond acceptors (Lipinski definition) is 3. The Kier molecular flexibility index (Phi) is 4.40. The van der Waals surface area contributed by atoms with Crippen LogP contribution >= 0.6 is 0 Å². The van der Waals surface area contributed by atoms with E-state index < -0.39 is 11.6 Å². The molecule has 0 unspecified atom stereocenters. The second-order valence-corrected chi connectivity index (χ2v) is 4.16. The van der Waals surface area contributed by atoms with Crippen LogP contribution < -0.4 is 11.1 Å². The van der Waals surface area contributed by atoms with Gasteiger partial charge in [0.15, 0.2) is 0 Å². The maximum absolute atomic E-state index is 11.2. The smallest absolute Gasteiger partial charge is 0.407 e. The minimum absolute atomic E-state index is 0.0982. The monoisotopic (exact) mass is 201 g/mol. The van der Waals surface area contributed by atoms with Crippen LogP contribution in [0.2, 0.25) is 0 Å². The zero-order valence-corrected chi connectivity index (χ0v) is 9.18. The molecule has 0 aromatic heterocycles. The quantitative estimate of drug-likeness (QED) is 0.470. The zero-order chi connectivity index (χ0) is 11.4. The van der Waals surface area contributed by atoms with E-state index in [1.165, 1.54) is 0 Å². The van der Waals surface area contributed by atoms with Gasteiger partial charge in [0.2, 0.25) is 0 Å². The van der Waals surface area contributed by atoms with Crippen molar-refractivity contribution >= 4 is 11.9 Å². The summed E-state index contributed by atoms with van der Waals surface area (Å²) >= 11 is 0. The summed E-state index contributed by atoms with van der Waals surface area (Å²) in [6.45, 7) is 7.55. The third kappa shape index (κ3) is 4.69. The Morgan fingerprint density at radius 3 is 2.43 bits per heavy atom. The second kappa shape index (κ2) is 4.83. The van der Waals surface area contributed by atoms with Crippen LogP contribution in [0.4, 0.5) is 4.79 Å². The third-order valence-electron chi connectivity index (χ3n) is 1.64. The van der Waals surface area contributed by atoms with E-state index >= 15 is 0 Å². The molecule has 0 aromatic rings. The van der Waals surface area contributed by atoms with Gasteiger partial charge in [-0.1, -0.05) is 13.8 Å². The Balaban J connectivity index is 4.00. The summed E-state index contributed by atoms with van der Waals surface area (Å²) in [4.78, 5) is 11.2. The van der Waals surface area contributed by atoms with Gasteiger partial charge in [0.1, 0.15) is 5.84 Å². The van der Waals surface area contributed by atoms with Gasteiger partial charge in [-0.05, 0) is 19.8 Å². The molecule has 82 valence electrons. The Bertz CT molecular complexity index is 224. The minimum Gasteiger partial charge on any atom is -0.449 e. The number of carbonyl (C=O) groups is 1. The van der Waals surface area contributed by atoms with Crippen molar-refractivity contribution in [3.63, 3.8) is 0 Å². The van der Waals surface area contributed by atoms with Gasteiger partial charge in [0.05, 0.1) is 12.1 Å².